The van der Waals surface area contributed by atoms with Crippen LogP contribution in [-0.2, 0) is 0 Å². The summed E-state index contributed by atoms with van der Waals surface area (Å²) in [4.78, 5) is 11.7. The van der Waals surface area contributed by atoms with Crippen molar-refractivity contribution in [3.05, 3.63) is 23.8 Å². The van der Waals surface area contributed by atoms with Gasteiger partial charge >= 0.3 is 0 Å². The Hall–Kier alpha value is -1.55. The summed E-state index contributed by atoms with van der Waals surface area (Å²) < 4.78 is 10.5. The minimum Gasteiger partial charge on any atom is -0.493 e. The van der Waals surface area contributed by atoms with Crippen molar-refractivity contribution in [1.82, 2.24) is 0 Å². The molecule has 1 rings (SSSR count). The van der Waals surface area contributed by atoms with E-state index in [1.807, 2.05) is 6.92 Å². The van der Waals surface area contributed by atoms with Gasteiger partial charge in [0.05, 0.1) is 19.8 Å². The molecule has 16 heavy (non-hydrogen) atoms. The molecule has 0 aliphatic heterocycles. The number of hydrogen-bond acceptors (Lipinski definition) is 4. The van der Waals surface area contributed by atoms with Crippen molar-refractivity contribution in [3.63, 3.8) is 0 Å². The second-order valence-electron chi connectivity index (χ2n) is 3.45. The Balaban J connectivity index is 3.03. The maximum absolute atomic E-state index is 11.7. The van der Waals surface area contributed by atoms with Gasteiger partial charge in [-0.05, 0) is 32.0 Å². The van der Waals surface area contributed by atoms with Gasteiger partial charge in [0.1, 0.15) is 0 Å². The fourth-order valence-corrected chi connectivity index (χ4v) is 1.36. The number of ketones is 1. The van der Waals surface area contributed by atoms with E-state index in [9.17, 15) is 4.79 Å². The topological polar surface area (TPSA) is 61.5 Å². The highest BCUT2D eigenvalue weighted by molar-refractivity contribution is 6.00. The van der Waals surface area contributed by atoms with Gasteiger partial charge in [-0.3, -0.25) is 4.79 Å². The molecule has 0 radical (unpaired) electrons. The van der Waals surface area contributed by atoms with Crippen molar-refractivity contribution in [2.45, 2.75) is 19.9 Å². The third kappa shape index (κ3) is 2.73. The largest absolute Gasteiger partial charge is 0.493 e. The number of benzene rings is 1. The molecule has 0 bridgehead atoms. The predicted molar refractivity (Wildman–Crippen MR) is 62.1 cm³/mol. The summed E-state index contributed by atoms with van der Waals surface area (Å²) in [5, 5.41) is 0. The Morgan fingerprint density at radius 1 is 1.44 bits per heavy atom. The van der Waals surface area contributed by atoms with Gasteiger partial charge in [-0.25, -0.2) is 0 Å². The average molecular weight is 223 g/mol. The lowest BCUT2D eigenvalue weighted by atomic mass is 10.1. The molecule has 4 heteroatoms. The maximum Gasteiger partial charge on any atom is 0.179 e. The first-order chi connectivity index (χ1) is 7.60. The first kappa shape index (κ1) is 12.5. The van der Waals surface area contributed by atoms with Crippen LogP contribution in [0, 0.1) is 0 Å². The van der Waals surface area contributed by atoms with E-state index in [0.717, 1.165) is 0 Å². The Bertz CT molecular complexity index is 375. The zero-order valence-electron chi connectivity index (χ0n) is 9.82. The van der Waals surface area contributed by atoms with Crippen LogP contribution in [0.1, 0.15) is 24.2 Å². The van der Waals surface area contributed by atoms with Gasteiger partial charge in [-0.1, -0.05) is 0 Å². The number of rotatable bonds is 5. The number of nitrogens with two attached hydrogens (primary N) is 1. The van der Waals surface area contributed by atoms with Gasteiger partial charge in [0, 0.05) is 5.56 Å². The number of methoxy groups -OCH3 is 1. The molecule has 88 valence electrons. The molecular formula is C12H17NO3. The Kier molecular flexibility index (Phi) is 4.31. The highest BCUT2D eigenvalue weighted by Crippen LogP contribution is 2.28. The van der Waals surface area contributed by atoms with Gasteiger partial charge in [-0.15, -0.1) is 0 Å². The van der Waals surface area contributed by atoms with Crippen molar-refractivity contribution in [1.29, 1.82) is 0 Å². The zero-order chi connectivity index (χ0) is 12.1. The number of ether oxygens (including phenoxy) is 2. The van der Waals surface area contributed by atoms with Gasteiger partial charge < -0.3 is 15.2 Å². The van der Waals surface area contributed by atoms with Crippen LogP contribution in [0.2, 0.25) is 0 Å². The molecule has 0 aliphatic carbocycles. The minimum absolute atomic E-state index is 0.110. The molecule has 1 aromatic carbocycles. The van der Waals surface area contributed by atoms with Gasteiger partial charge in [0.15, 0.2) is 17.3 Å². The molecule has 4 nitrogen and oxygen atoms in total. The average Bonchev–Trinajstić information content (AvgIpc) is 2.29. The van der Waals surface area contributed by atoms with Crippen LogP contribution in [0.15, 0.2) is 18.2 Å². The van der Waals surface area contributed by atoms with Crippen LogP contribution in [0.3, 0.4) is 0 Å². The molecule has 0 amide bonds. The fraction of sp³-hybridized carbons (Fsp3) is 0.417. The lowest BCUT2D eigenvalue weighted by Gasteiger charge is -2.11. The lowest BCUT2D eigenvalue weighted by molar-refractivity contribution is 0.0967. The van der Waals surface area contributed by atoms with Crippen LogP contribution in [0.4, 0.5) is 0 Å². The Morgan fingerprint density at radius 2 is 2.12 bits per heavy atom. The third-order valence-electron chi connectivity index (χ3n) is 2.16. The zero-order valence-corrected chi connectivity index (χ0v) is 9.82. The first-order valence-corrected chi connectivity index (χ1v) is 5.20. The molecule has 1 atom stereocenters. The van der Waals surface area contributed by atoms with E-state index in [2.05, 4.69) is 0 Å². The summed E-state index contributed by atoms with van der Waals surface area (Å²) in [6.45, 7) is 4.10. The number of Topliss-reactive ketones (excluding diaryl/α,β-unsaturated/α-hetero) is 1. The van der Waals surface area contributed by atoms with Crippen molar-refractivity contribution in [2.75, 3.05) is 13.7 Å². The number of carbonyl (C=O) groups is 1. The van der Waals surface area contributed by atoms with Crippen molar-refractivity contribution >= 4 is 5.78 Å². The molecule has 0 saturated heterocycles. The predicted octanol–water partition coefficient (Wildman–Crippen LogP) is 1.62. The van der Waals surface area contributed by atoms with Crippen LogP contribution < -0.4 is 15.2 Å². The second kappa shape index (κ2) is 5.51. The normalized spacial score (nSPS) is 12.0. The standard InChI is InChI=1S/C12H17NO3/c1-4-16-10-6-5-9(7-11(10)15-3)12(14)8(2)13/h5-8H,4,13H2,1-3H3. The minimum atomic E-state index is -0.511. The molecule has 0 aliphatic rings. The van der Waals surface area contributed by atoms with E-state index in [1.54, 1.807) is 25.1 Å². The summed E-state index contributed by atoms with van der Waals surface area (Å²) in [6, 6.07) is 4.55. The van der Waals surface area contributed by atoms with Crippen molar-refractivity contribution in [3.8, 4) is 11.5 Å². The fourth-order valence-electron chi connectivity index (χ4n) is 1.36. The van der Waals surface area contributed by atoms with E-state index < -0.39 is 6.04 Å². The molecular weight excluding hydrogens is 206 g/mol. The molecule has 0 fully saturated rings. The third-order valence-corrected chi connectivity index (χ3v) is 2.16. The van der Waals surface area contributed by atoms with Crippen molar-refractivity contribution < 1.29 is 14.3 Å². The van der Waals surface area contributed by atoms with Gasteiger partial charge in [-0.2, -0.15) is 0 Å². The Morgan fingerprint density at radius 3 is 2.62 bits per heavy atom. The Labute approximate surface area is 95.3 Å². The molecule has 1 aromatic rings. The molecule has 2 N–H and O–H groups in total. The van der Waals surface area contributed by atoms with Crippen LogP contribution in [0.5, 0.6) is 11.5 Å². The van der Waals surface area contributed by atoms with Gasteiger partial charge in [0.25, 0.3) is 0 Å². The van der Waals surface area contributed by atoms with Crippen molar-refractivity contribution in [2.24, 2.45) is 5.73 Å². The van der Waals surface area contributed by atoms with E-state index in [-0.39, 0.29) is 5.78 Å². The van der Waals surface area contributed by atoms with Crippen LogP contribution in [0.25, 0.3) is 0 Å². The molecule has 0 spiro atoms. The SMILES string of the molecule is CCOc1ccc(C(=O)C(C)N)cc1OC. The summed E-state index contributed by atoms with van der Waals surface area (Å²) in [5.74, 6) is 1.07. The quantitative estimate of drug-likeness (QED) is 0.770. The molecule has 0 saturated carbocycles. The monoisotopic (exact) mass is 223 g/mol. The van der Waals surface area contributed by atoms with Crippen LogP contribution in [-0.4, -0.2) is 25.5 Å². The lowest BCUT2D eigenvalue weighted by Crippen LogP contribution is -2.26. The number of carbonyl (C=O) groups excluding carboxylic acids is 1. The number of hydrogen-bond donors (Lipinski definition) is 1. The first-order valence-electron chi connectivity index (χ1n) is 5.20. The van der Waals surface area contributed by atoms with Gasteiger partial charge in [0.2, 0.25) is 0 Å². The highest BCUT2D eigenvalue weighted by Gasteiger charge is 2.13. The smallest absolute Gasteiger partial charge is 0.179 e. The second-order valence-corrected chi connectivity index (χ2v) is 3.45. The summed E-state index contributed by atoms with van der Waals surface area (Å²) in [7, 11) is 1.54. The highest BCUT2D eigenvalue weighted by atomic mass is 16.5. The molecule has 0 aromatic heterocycles. The molecule has 0 heterocycles. The van der Waals surface area contributed by atoms with E-state index in [4.69, 9.17) is 15.2 Å². The van der Waals surface area contributed by atoms with E-state index in [0.29, 0.717) is 23.7 Å². The van der Waals surface area contributed by atoms with E-state index >= 15 is 0 Å². The summed E-state index contributed by atoms with van der Waals surface area (Å²) in [5.41, 5.74) is 6.07. The molecule has 1 unspecified atom stereocenters. The van der Waals surface area contributed by atoms with Crippen LogP contribution >= 0.6 is 0 Å². The summed E-state index contributed by atoms with van der Waals surface area (Å²) >= 11 is 0. The van der Waals surface area contributed by atoms with E-state index in [1.165, 1.54) is 7.11 Å². The summed E-state index contributed by atoms with van der Waals surface area (Å²) in [6.07, 6.45) is 0. The maximum atomic E-state index is 11.7.